The van der Waals surface area contributed by atoms with Gasteiger partial charge in [0.25, 0.3) is 0 Å². The highest BCUT2D eigenvalue weighted by Gasteiger charge is 2.32. The van der Waals surface area contributed by atoms with Crippen LogP contribution >= 0.6 is 11.6 Å². The summed E-state index contributed by atoms with van der Waals surface area (Å²) in [5, 5.41) is 10.7. The molecule has 0 aliphatic carbocycles. The minimum atomic E-state index is -0.608. The molecule has 0 amide bonds. The van der Waals surface area contributed by atoms with E-state index in [9.17, 15) is 5.11 Å². The molecule has 0 saturated carbocycles. The predicted octanol–water partition coefficient (Wildman–Crippen LogP) is 2.32. The van der Waals surface area contributed by atoms with Crippen molar-refractivity contribution in [3.63, 3.8) is 0 Å². The van der Waals surface area contributed by atoms with Crippen LogP contribution in [-0.2, 0) is 0 Å². The van der Waals surface area contributed by atoms with E-state index in [0.717, 1.165) is 24.2 Å². The molecule has 1 aromatic carbocycles. The van der Waals surface area contributed by atoms with Gasteiger partial charge < -0.3 is 15.7 Å². The van der Waals surface area contributed by atoms with Crippen LogP contribution in [0, 0.1) is 0 Å². The molecule has 1 fully saturated rings. The molecule has 0 spiro atoms. The minimum Gasteiger partial charge on any atom is -0.388 e. The monoisotopic (exact) mass is 254 g/mol. The summed E-state index contributed by atoms with van der Waals surface area (Å²) in [4.78, 5) is 2.12. The first-order valence-electron chi connectivity index (χ1n) is 5.91. The van der Waals surface area contributed by atoms with Gasteiger partial charge in [0.2, 0.25) is 0 Å². The molecule has 4 heteroatoms. The van der Waals surface area contributed by atoms with Crippen LogP contribution < -0.4 is 10.6 Å². The van der Waals surface area contributed by atoms with E-state index in [1.165, 1.54) is 0 Å². The van der Waals surface area contributed by atoms with Crippen LogP contribution in [0.4, 0.5) is 5.69 Å². The van der Waals surface area contributed by atoms with Gasteiger partial charge in [-0.05, 0) is 38.0 Å². The molecule has 1 heterocycles. The first kappa shape index (κ1) is 12.7. The van der Waals surface area contributed by atoms with Gasteiger partial charge in [-0.2, -0.15) is 0 Å². The summed E-state index contributed by atoms with van der Waals surface area (Å²) in [6, 6.07) is 5.89. The van der Waals surface area contributed by atoms with Crippen molar-refractivity contribution in [2.45, 2.75) is 31.9 Å². The predicted molar refractivity (Wildman–Crippen MR) is 71.5 cm³/mol. The van der Waals surface area contributed by atoms with E-state index >= 15 is 0 Å². The Hall–Kier alpha value is -0.770. The lowest BCUT2D eigenvalue weighted by atomic mass is 10.1. The molecule has 94 valence electrons. The van der Waals surface area contributed by atoms with Gasteiger partial charge in [0.15, 0.2) is 0 Å². The normalized spacial score (nSPS) is 26.3. The number of hydrogen-bond donors (Lipinski definition) is 2. The SMILES string of the molecule is C[C@@H](N)c1ccc(N2CCC(C)(O)C2)c(Cl)c1. The fourth-order valence-electron chi connectivity index (χ4n) is 2.21. The summed E-state index contributed by atoms with van der Waals surface area (Å²) in [5.74, 6) is 0. The van der Waals surface area contributed by atoms with Crippen molar-refractivity contribution in [1.82, 2.24) is 0 Å². The Morgan fingerprint density at radius 3 is 2.71 bits per heavy atom. The van der Waals surface area contributed by atoms with Crippen LogP contribution in [0.3, 0.4) is 0 Å². The van der Waals surface area contributed by atoms with E-state index in [2.05, 4.69) is 4.90 Å². The molecule has 1 aromatic rings. The first-order chi connectivity index (χ1) is 7.89. The zero-order valence-corrected chi connectivity index (χ0v) is 11.0. The fraction of sp³-hybridized carbons (Fsp3) is 0.538. The second-order valence-electron chi connectivity index (χ2n) is 5.17. The molecule has 1 aliphatic heterocycles. The summed E-state index contributed by atoms with van der Waals surface area (Å²) in [6.45, 7) is 5.26. The second-order valence-corrected chi connectivity index (χ2v) is 5.58. The van der Waals surface area contributed by atoms with Crippen molar-refractivity contribution in [1.29, 1.82) is 0 Å². The lowest BCUT2D eigenvalue weighted by molar-refractivity contribution is 0.0839. The van der Waals surface area contributed by atoms with E-state index in [0.29, 0.717) is 11.6 Å². The van der Waals surface area contributed by atoms with Crippen LogP contribution in [0.15, 0.2) is 18.2 Å². The topological polar surface area (TPSA) is 49.5 Å². The number of β-amino-alcohol motifs (C(OH)–C–C–N with tert-alkyl or cyclic N) is 1. The average molecular weight is 255 g/mol. The van der Waals surface area contributed by atoms with Crippen LogP contribution in [0.5, 0.6) is 0 Å². The molecule has 0 radical (unpaired) electrons. The van der Waals surface area contributed by atoms with Crippen LogP contribution in [0.1, 0.15) is 31.9 Å². The molecule has 1 saturated heterocycles. The minimum absolute atomic E-state index is 0.0109. The summed E-state index contributed by atoms with van der Waals surface area (Å²) in [5.41, 5.74) is 7.22. The highest BCUT2D eigenvalue weighted by molar-refractivity contribution is 6.33. The van der Waals surface area contributed by atoms with E-state index in [-0.39, 0.29) is 6.04 Å². The Labute approximate surface area is 107 Å². The Balaban J connectivity index is 2.23. The maximum absolute atomic E-state index is 9.96. The maximum Gasteiger partial charge on any atom is 0.0810 e. The summed E-state index contributed by atoms with van der Waals surface area (Å²) >= 11 is 6.27. The summed E-state index contributed by atoms with van der Waals surface area (Å²) in [6.07, 6.45) is 0.776. The van der Waals surface area contributed by atoms with Gasteiger partial charge in [0.1, 0.15) is 0 Å². The average Bonchev–Trinajstić information content (AvgIpc) is 2.58. The molecule has 3 N–H and O–H groups in total. The van der Waals surface area contributed by atoms with Crippen LogP contribution in [-0.4, -0.2) is 23.8 Å². The number of nitrogens with two attached hydrogens (primary N) is 1. The van der Waals surface area contributed by atoms with Gasteiger partial charge >= 0.3 is 0 Å². The first-order valence-corrected chi connectivity index (χ1v) is 6.29. The molecular formula is C13H19ClN2O. The molecule has 2 atom stereocenters. The smallest absolute Gasteiger partial charge is 0.0810 e. The number of anilines is 1. The number of nitrogens with zero attached hydrogens (tertiary/aromatic N) is 1. The van der Waals surface area contributed by atoms with Crippen molar-refractivity contribution < 1.29 is 5.11 Å². The fourth-order valence-corrected chi connectivity index (χ4v) is 2.52. The Kier molecular flexibility index (Phi) is 3.34. The van der Waals surface area contributed by atoms with E-state index < -0.39 is 5.60 Å². The number of benzene rings is 1. The third kappa shape index (κ3) is 2.73. The van der Waals surface area contributed by atoms with Crippen LogP contribution in [0.25, 0.3) is 0 Å². The van der Waals surface area contributed by atoms with E-state index in [1.807, 2.05) is 32.0 Å². The van der Waals surface area contributed by atoms with Gasteiger partial charge in [-0.25, -0.2) is 0 Å². The van der Waals surface area contributed by atoms with Crippen molar-refractivity contribution in [3.8, 4) is 0 Å². The maximum atomic E-state index is 9.96. The number of aliphatic hydroxyl groups is 1. The van der Waals surface area contributed by atoms with Gasteiger partial charge in [-0.3, -0.25) is 0 Å². The lowest BCUT2D eigenvalue weighted by Crippen LogP contribution is -2.29. The Morgan fingerprint density at radius 1 is 1.53 bits per heavy atom. The standard InChI is InChI=1S/C13H19ClN2O/c1-9(15)10-3-4-12(11(14)7-10)16-6-5-13(2,17)8-16/h3-4,7,9,17H,5-6,8,15H2,1-2H3/t9-,13?/m1/s1. The number of rotatable bonds is 2. The van der Waals surface area contributed by atoms with Gasteiger partial charge in [-0.1, -0.05) is 17.7 Å². The largest absolute Gasteiger partial charge is 0.388 e. The Morgan fingerprint density at radius 2 is 2.24 bits per heavy atom. The number of halogens is 1. The van der Waals surface area contributed by atoms with Crippen molar-refractivity contribution in [2.24, 2.45) is 5.73 Å². The Bertz CT molecular complexity index is 418. The van der Waals surface area contributed by atoms with Crippen molar-refractivity contribution in [3.05, 3.63) is 28.8 Å². The molecule has 17 heavy (non-hydrogen) atoms. The summed E-state index contributed by atoms with van der Waals surface area (Å²) in [7, 11) is 0. The quantitative estimate of drug-likeness (QED) is 0.852. The van der Waals surface area contributed by atoms with E-state index in [1.54, 1.807) is 0 Å². The lowest BCUT2D eigenvalue weighted by Gasteiger charge is -2.22. The van der Waals surface area contributed by atoms with E-state index in [4.69, 9.17) is 17.3 Å². The summed E-state index contributed by atoms with van der Waals surface area (Å²) < 4.78 is 0. The zero-order valence-electron chi connectivity index (χ0n) is 10.3. The second kappa shape index (κ2) is 4.48. The van der Waals surface area contributed by atoms with Gasteiger partial charge in [0, 0.05) is 19.1 Å². The molecule has 1 aliphatic rings. The van der Waals surface area contributed by atoms with Crippen LogP contribution in [0.2, 0.25) is 5.02 Å². The molecule has 0 bridgehead atoms. The number of hydrogen-bond acceptors (Lipinski definition) is 3. The highest BCUT2D eigenvalue weighted by Crippen LogP contribution is 2.33. The molecular weight excluding hydrogens is 236 g/mol. The van der Waals surface area contributed by atoms with Gasteiger partial charge in [0.05, 0.1) is 16.3 Å². The van der Waals surface area contributed by atoms with Crippen molar-refractivity contribution >= 4 is 17.3 Å². The van der Waals surface area contributed by atoms with Gasteiger partial charge in [-0.15, -0.1) is 0 Å². The molecule has 3 nitrogen and oxygen atoms in total. The third-order valence-electron chi connectivity index (χ3n) is 3.29. The highest BCUT2D eigenvalue weighted by atomic mass is 35.5. The van der Waals surface area contributed by atoms with Crippen molar-refractivity contribution in [2.75, 3.05) is 18.0 Å². The molecule has 0 aromatic heterocycles. The molecule has 2 rings (SSSR count). The zero-order chi connectivity index (χ0) is 12.6. The molecule has 1 unspecified atom stereocenters. The third-order valence-corrected chi connectivity index (χ3v) is 3.59.